The lowest BCUT2D eigenvalue weighted by Gasteiger charge is -2.72. The van der Waals surface area contributed by atoms with Gasteiger partial charge >= 0.3 is 0 Å². The van der Waals surface area contributed by atoms with Gasteiger partial charge in [0, 0.05) is 36.6 Å². The molecule has 32 heavy (non-hydrogen) atoms. The van der Waals surface area contributed by atoms with Crippen LogP contribution in [0.25, 0.3) is 0 Å². The van der Waals surface area contributed by atoms with Crippen molar-refractivity contribution in [1.29, 1.82) is 0 Å². The van der Waals surface area contributed by atoms with Crippen molar-refractivity contribution in [2.45, 2.75) is 62.2 Å². The van der Waals surface area contributed by atoms with E-state index in [-0.39, 0.29) is 28.9 Å². The molecule has 7 aliphatic rings. The fourth-order valence-corrected chi connectivity index (χ4v) is 8.40. The number of aldehydes is 1. The predicted octanol–water partition coefficient (Wildman–Crippen LogP) is 2.81. The number of amides is 1. The minimum absolute atomic E-state index is 0.0213. The Morgan fingerprint density at radius 3 is 2.75 bits per heavy atom. The molecule has 2 heterocycles. The Morgan fingerprint density at radius 2 is 2.06 bits per heavy atom. The zero-order valence-corrected chi connectivity index (χ0v) is 18.8. The van der Waals surface area contributed by atoms with E-state index in [1.807, 2.05) is 13.0 Å². The number of likely N-dealkylation sites (tertiary alicyclic amines) is 1. The molecule has 6 nitrogen and oxygen atoms in total. The zero-order valence-electron chi connectivity index (χ0n) is 18.8. The van der Waals surface area contributed by atoms with Crippen molar-refractivity contribution >= 4 is 12.2 Å². The van der Waals surface area contributed by atoms with E-state index in [0.717, 1.165) is 50.0 Å². The van der Waals surface area contributed by atoms with Crippen LogP contribution in [0.3, 0.4) is 0 Å². The molecule has 0 aromatic heterocycles. The summed E-state index contributed by atoms with van der Waals surface area (Å²) in [5.41, 5.74) is 0.176. The summed E-state index contributed by atoms with van der Waals surface area (Å²) in [7, 11) is 3.37. The Bertz CT molecular complexity index is 1110. The lowest BCUT2D eigenvalue weighted by atomic mass is 9.34. The van der Waals surface area contributed by atoms with Gasteiger partial charge in [0.05, 0.1) is 17.9 Å². The van der Waals surface area contributed by atoms with E-state index >= 15 is 0 Å². The zero-order chi connectivity index (χ0) is 22.1. The lowest BCUT2D eigenvalue weighted by Crippen LogP contribution is -2.81. The molecule has 2 aliphatic heterocycles. The van der Waals surface area contributed by atoms with Crippen LogP contribution in [0.2, 0.25) is 0 Å². The molecule has 1 amide bonds. The van der Waals surface area contributed by atoms with Crippen LogP contribution in [0.4, 0.5) is 0 Å². The summed E-state index contributed by atoms with van der Waals surface area (Å²) in [5, 5.41) is 0. The lowest BCUT2D eigenvalue weighted by molar-refractivity contribution is -0.237. The van der Waals surface area contributed by atoms with Gasteiger partial charge in [0.2, 0.25) is 5.91 Å². The van der Waals surface area contributed by atoms with E-state index in [0.29, 0.717) is 12.3 Å². The Kier molecular flexibility index (Phi) is 3.34. The van der Waals surface area contributed by atoms with Crippen LogP contribution in [-0.2, 0) is 26.2 Å². The normalized spacial score (nSPS) is 44.2. The summed E-state index contributed by atoms with van der Waals surface area (Å²) in [6.07, 6.45) is 9.37. The number of carbonyl (C=O) groups is 2. The quantitative estimate of drug-likeness (QED) is 0.538. The minimum Gasteiger partial charge on any atom is -0.493 e. The first kappa shape index (κ1) is 19.2. The smallest absolute Gasteiger partial charge is 0.225 e. The molecule has 1 saturated heterocycles. The second kappa shape index (κ2) is 5.58. The molecule has 2 spiro atoms. The van der Waals surface area contributed by atoms with E-state index in [9.17, 15) is 9.59 Å². The van der Waals surface area contributed by atoms with Crippen LogP contribution in [0, 0.1) is 16.7 Å². The third-order valence-electron chi connectivity index (χ3n) is 9.90. The second-order valence-corrected chi connectivity index (χ2v) is 11.0. The summed E-state index contributed by atoms with van der Waals surface area (Å²) in [6, 6.07) is 4.16. The third kappa shape index (κ3) is 1.73. The van der Waals surface area contributed by atoms with Gasteiger partial charge in [-0.05, 0) is 50.7 Å². The molecule has 6 heteroatoms. The Balaban J connectivity index is 1.54. The minimum atomic E-state index is -0.859. The first-order valence-electron chi connectivity index (χ1n) is 11.8. The van der Waals surface area contributed by atoms with Crippen molar-refractivity contribution in [2.75, 3.05) is 20.8 Å². The van der Waals surface area contributed by atoms with E-state index < -0.39 is 11.0 Å². The van der Waals surface area contributed by atoms with Gasteiger partial charge in [-0.15, -0.1) is 0 Å². The van der Waals surface area contributed by atoms with Crippen molar-refractivity contribution in [3.05, 3.63) is 35.4 Å². The number of methoxy groups -OCH3 is 2. The number of nitrogens with zero attached hydrogens (tertiary/aromatic N) is 1. The molecule has 0 radical (unpaired) electrons. The Hall–Kier alpha value is -2.34. The first-order chi connectivity index (χ1) is 15.4. The van der Waals surface area contributed by atoms with Crippen molar-refractivity contribution in [1.82, 2.24) is 4.90 Å². The standard InChI is InChI=1S/C26H29NO5/c1-23(14-28)13-24-8-9-26(23,31-3)22-25(24)10-11-27(21(29)15-4-5-15)18(24)12-16-6-7-17(30-2)20(32-22)19(16)25/h6-9,14-15,18,22H,4-5,10-13H2,1-3H3/t18-,22-,23+,24-,25+,26+/m1/s1. The summed E-state index contributed by atoms with van der Waals surface area (Å²) in [4.78, 5) is 28.2. The number of hydrogen-bond donors (Lipinski definition) is 0. The van der Waals surface area contributed by atoms with Gasteiger partial charge in [-0.3, -0.25) is 4.79 Å². The van der Waals surface area contributed by atoms with Crippen LogP contribution in [-0.4, -0.2) is 55.6 Å². The van der Waals surface area contributed by atoms with Crippen LogP contribution in [0.1, 0.15) is 43.7 Å². The molecule has 8 rings (SSSR count). The fraction of sp³-hybridized carbons (Fsp3) is 0.615. The molecule has 0 N–H and O–H groups in total. The van der Waals surface area contributed by atoms with Gasteiger partial charge in [0.1, 0.15) is 18.0 Å². The van der Waals surface area contributed by atoms with Gasteiger partial charge in [-0.2, -0.15) is 0 Å². The van der Waals surface area contributed by atoms with Gasteiger partial charge in [0.15, 0.2) is 11.5 Å². The van der Waals surface area contributed by atoms with E-state index in [4.69, 9.17) is 14.2 Å². The molecule has 4 bridgehead atoms. The SMILES string of the molecule is COc1ccc2c3c1O[C@H]1[C@@]4(OC)C=C[C@@]5(C[C@@]4(C)C=O)[C@@H](C2)N(C(=O)C2CC2)CC[C@]315. The van der Waals surface area contributed by atoms with E-state index in [2.05, 4.69) is 23.1 Å². The number of fused-ring (bicyclic) bond motifs is 1. The highest BCUT2D eigenvalue weighted by molar-refractivity contribution is 5.83. The molecule has 2 saturated carbocycles. The summed E-state index contributed by atoms with van der Waals surface area (Å²) in [6.45, 7) is 2.73. The molecule has 0 unspecified atom stereocenters. The maximum absolute atomic E-state index is 13.4. The van der Waals surface area contributed by atoms with Gasteiger partial charge in [0.25, 0.3) is 0 Å². The molecule has 1 aromatic carbocycles. The number of carbonyl (C=O) groups excluding carboxylic acids is 2. The van der Waals surface area contributed by atoms with Crippen molar-refractivity contribution in [3.63, 3.8) is 0 Å². The number of rotatable bonds is 4. The third-order valence-corrected chi connectivity index (χ3v) is 9.90. The summed E-state index contributed by atoms with van der Waals surface area (Å²) in [5.74, 6) is 2.01. The van der Waals surface area contributed by atoms with Crippen molar-refractivity contribution in [2.24, 2.45) is 16.7 Å². The average Bonchev–Trinajstić information content (AvgIpc) is 3.58. The first-order valence-corrected chi connectivity index (χ1v) is 11.8. The molecule has 5 aliphatic carbocycles. The number of ether oxygens (including phenoxy) is 3. The number of hydrogen-bond acceptors (Lipinski definition) is 5. The molecule has 6 atom stereocenters. The largest absolute Gasteiger partial charge is 0.493 e. The van der Waals surface area contributed by atoms with Crippen LogP contribution in [0.5, 0.6) is 11.5 Å². The van der Waals surface area contributed by atoms with Crippen LogP contribution >= 0.6 is 0 Å². The maximum Gasteiger partial charge on any atom is 0.225 e. The summed E-state index contributed by atoms with van der Waals surface area (Å²) < 4.78 is 18.8. The van der Waals surface area contributed by atoms with E-state index in [1.54, 1.807) is 14.2 Å². The Morgan fingerprint density at radius 1 is 1.25 bits per heavy atom. The van der Waals surface area contributed by atoms with E-state index in [1.165, 1.54) is 11.1 Å². The number of piperidine rings is 1. The monoisotopic (exact) mass is 435 g/mol. The molecular formula is C26H29NO5. The maximum atomic E-state index is 13.4. The molecule has 168 valence electrons. The van der Waals surface area contributed by atoms with Crippen LogP contribution < -0.4 is 9.47 Å². The van der Waals surface area contributed by atoms with Gasteiger partial charge < -0.3 is 23.9 Å². The highest BCUT2D eigenvalue weighted by Gasteiger charge is 2.82. The highest BCUT2D eigenvalue weighted by Crippen LogP contribution is 2.76. The van der Waals surface area contributed by atoms with Gasteiger partial charge in [-0.25, -0.2) is 0 Å². The van der Waals surface area contributed by atoms with Crippen molar-refractivity contribution < 1.29 is 23.8 Å². The van der Waals surface area contributed by atoms with Crippen LogP contribution in [0.15, 0.2) is 24.3 Å². The molecule has 3 fully saturated rings. The average molecular weight is 436 g/mol. The topological polar surface area (TPSA) is 65.1 Å². The molecular weight excluding hydrogens is 406 g/mol. The number of benzene rings is 1. The fourth-order valence-electron chi connectivity index (χ4n) is 8.40. The predicted molar refractivity (Wildman–Crippen MR) is 116 cm³/mol. The Labute approximate surface area is 187 Å². The summed E-state index contributed by atoms with van der Waals surface area (Å²) >= 11 is 0. The van der Waals surface area contributed by atoms with Crippen molar-refractivity contribution in [3.8, 4) is 11.5 Å². The van der Waals surface area contributed by atoms with Gasteiger partial charge in [-0.1, -0.05) is 18.2 Å². The second-order valence-electron chi connectivity index (χ2n) is 11.0. The molecule has 1 aromatic rings. The highest BCUT2D eigenvalue weighted by atomic mass is 16.6.